The Morgan fingerprint density at radius 3 is 0.375 bits per heavy atom. The van der Waals surface area contributed by atoms with Gasteiger partial charge in [0.2, 0.25) is 0 Å². The molecule has 5 heteroatoms. The smallest absolute Gasteiger partial charge is 0.144 e. The van der Waals surface area contributed by atoms with E-state index in [1.807, 2.05) is 173 Å². The van der Waals surface area contributed by atoms with Crippen LogP contribution in [0.5, 0.6) is 0 Å². The number of hydrogen-bond donors (Lipinski definition) is 0. The molecule has 0 aromatic heterocycles. The Hall–Kier alpha value is -3.25. The van der Waals surface area contributed by atoms with Gasteiger partial charge >= 0.3 is 0 Å². The van der Waals surface area contributed by atoms with Crippen LogP contribution in [-0.2, 0) is 19.3 Å². The SMILES string of the molecule is C.CC.CC.COC.COC.CS(C)(=O)=O.c1ccccc1.c1ccccc1.c1ccccc1.c1ccccc1. The van der Waals surface area contributed by atoms with E-state index in [0.29, 0.717) is 0 Å². The van der Waals surface area contributed by atoms with Crippen LogP contribution in [0.2, 0.25) is 0 Å². The molecule has 0 atom stereocenters. The first-order chi connectivity index (χ1) is 18.8. The highest BCUT2D eigenvalue weighted by Gasteiger charge is 1.79. The van der Waals surface area contributed by atoms with Crippen molar-refractivity contribution in [2.24, 2.45) is 0 Å². The predicted octanol–water partition coefficient (Wildman–Crippen LogP) is 9.62. The zero-order valence-corrected chi connectivity index (χ0v) is 26.7. The summed E-state index contributed by atoms with van der Waals surface area (Å²) < 4.78 is 27.8. The Morgan fingerprint density at radius 2 is 0.350 bits per heavy atom. The van der Waals surface area contributed by atoms with E-state index < -0.39 is 9.84 Å². The van der Waals surface area contributed by atoms with Gasteiger partial charge in [0.15, 0.2) is 0 Å². The third-order valence-corrected chi connectivity index (χ3v) is 2.67. The lowest BCUT2D eigenvalue weighted by Gasteiger charge is -1.69. The van der Waals surface area contributed by atoms with Crippen LogP contribution in [0.15, 0.2) is 146 Å². The predicted molar refractivity (Wildman–Crippen MR) is 182 cm³/mol. The Morgan fingerprint density at radius 1 is 0.325 bits per heavy atom. The topological polar surface area (TPSA) is 52.6 Å². The van der Waals surface area contributed by atoms with E-state index in [4.69, 9.17) is 0 Å². The molecule has 4 aromatic rings. The van der Waals surface area contributed by atoms with Gasteiger partial charge in [0.25, 0.3) is 0 Å². The van der Waals surface area contributed by atoms with Crippen LogP contribution in [0.1, 0.15) is 35.1 Å². The summed E-state index contributed by atoms with van der Waals surface area (Å²) in [5.41, 5.74) is 0. The van der Waals surface area contributed by atoms with E-state index >= 15 is 0 Å². The van der Waals surface area contributed by atoms with Gasteiger partial charge in [-0.25, -0.2) is 8.42 Å². The largest absolute Gasteiger partial charge is 0.388 e. The zero-order valence-electron chi connectivity index (χ0n) is 25.9. The van der Waals surface area contributed by atoms with Gasteiger partial charge in [-0.1, -0.05) is 181 Å². The first-order valence-corrected chi connectivity index (χ1v) is 15.1. The van der Waals surface area contributed by atoms with Crippen molar-refractivity contribution < 1.29 is 17.9 Å². The first-order valence-electron chi connectivity index (χ1n) is 12.8. The molecule has 0 aliphatic heterocycles. The molecule has 0 amide bonds. The minimum atomic E-state index is -2.67. The van der Waals surface area contributed by atoms with E-state index in [0.717, 1.165) is 12.5 Å². The number of sulfone groups is 1. The molecule has 0 N–H and O–H groups in total. The Bertz CT molecular complexity index is 662. The molecular weight excluding hydrogens is 516 g/mol. The zero-order chi connectivity index (χ0) is 30.9. The highest BCUT2D eigenvalue weighted by Crippen LogP contribution is 1.81. The van der Waals surface area contributed by atoms with Gasteiger partial charge in [0.1, 0.15) is 9.84 Å². The monoisotopic (exact) mass is 574 g/mol. The van der Waals surface area contributed by atoms with Crippen LogP contribution >= 0.6 is 0 Å². The van der Waals surface area contributed by atoms with Crippen molar-refractivity contribution >= 4 is 9.84 Å². The molecule has 4 aromatic carbocycles. The molecule has 0 fully saturated rings. The summed E-state index contributed by atoms with van der Waals surface area (Å²) >= 11 is 0. The van der Waals surface area contributed by atoms with Crippen molar-refractivity contribution in [2.45, 2.75) is 35.1 Å². The average Bonchev–Trinajstić information content (AvgIpc) is 3.00. The molecule has 4 rings (SSSR count). The maximum Gasteiger partial charge on any atom is 0.144 e. The van der Waals surface area contributed by atoms with Gasteiger partial charge in [-0.2, -0.15) is 0 Å². The highest BCUT2D eigenvalue weighted by atomic mass is 32.2. The maximum absolute atomic E-state index is 9.63. The van der Waals surface area contributed by atoms with Gasteiger partial charge in [-0.05, 0) is 0 Å². The second kappa shape index (κ2) is 52.2. The normalized spacial score (nSPS) is 7.45. The van der Waals surface area contributed by atoms with Crippen LogP contribution in [-0.4, -0.2) is 49.4 Å². The minimum absolute atomic E-state index is 0. The summed E-state index contributed by atoms with van der Waals surface area (Å²) in [6.45, 7) is 8.00. The molecule has 0 spiro atoms. The van der Waals surface area contributed by atoms with Gasteiger partial charge < -0.3 is 9.47 Å². The van der Waals surface area contributed by atoms with Crippen LogP contribution in [0.3, 0.4) is 0 Å². The summed E-state index contributed by atoms with van der Waals surface area (Å²) in [6.07, 6.45) is 2.32. The molecule has 0 aliphatic carbocycles. The Kier molecular flexibility index (Phi) is 64.9. The van der Waals surface area contributed by atoms with E-state index in [1.54, 1.807) is 28.4 Å². The number of methoxy groups -OCH3 is 2. The summed E-state index contributed by atoms with van der Waals surface area (Å²) in [4.78, 5) is 0. The van der Waals surface area contributed by atoms with Crippen molar-refractivity contribution in [1.29, 1.82) is 0 Å². The number of hydrogen-bond acceptors (Lipinski definition) is 4. The molecule has 40 heavy (non-hydrogen) atoms. The summed E-state index contributed by atoms with van der Waals surface area (Å²) in [6, 6.07) is 48.0. The van der Waals surface area contributed by atoms with E-state index in [-0.39, 0.29) is 7.43 Å². The van der Waals surface area contributed by atoms with Crippen molar-refractivity contribution in [3.05, 3.63) is 146 Å². The maximum atomic E-state index is 9.63. The lowest BCUT2D eigenvalue weighted by Crippen LogP contribution is -1.86. The number of ether oxygens (including phenoxy) is 2. The van der Waals surface area contributed by atoms with Gasteiger partial charge in [0.05, 0.1) is 0 Å². The van der Waals surface area contributed by atoms with E-state index in [1.165, 1.54) is 0 Å². The fourth-order valence-corrected chi connectivity index (χ4v) is 1.54. The third kappa shape index (κ3) is 91.9. The molecule has 0 unspecified atom stereocenters. The first kappa shape index (κ1) is 49.7. The lowest BCUT2D eigenvalue weighted by molar-refractivity contribution is 0.277. The molecule has 4 nitrogen and oxygen atoms in total. The van der Waals surface area contributed by atoms with Crippen molar-refractivity contribution in [1.82, 2.24) is 0 Å². The average molecular weight is 575 g/mol. The van der Waals surface area contributed by atoms with Crippen molar-refractivity contribution in [3.63, 3.8) is 0 Å². The minimum Gasteiger partial charge on any atom is -0.388 e. The Balaban J connectivity index is -0.0000000834. The molecule has 0 radical (unpaired) electrons. The lowest BCUT2D eigenvalue weighted by atomic mass is 10.4. The molecule has 0 saturated carbocycles. The second-order valence-corrected chi connectivity index (χ2v) is 8.86. The second-order valence-electron chi connectivity index (χ2n) is 6.58. The summed E-state index contributed by atoms with van der Waals surface area (Å²) in [7, 11) is 3.83. The van der Waals surface area contributed by atoms with Crippen molar-refractivity contribution in [2.75, 3.05) is 41.0 Å². The molecule has 0 aliphatic rings. The molecular formula is C35H58O4S. The molecule has 228 valence electrons. The third-order valence-electron chi connectivity index (χ3n) is 2.67. The molecule has 0 bridgehead atoms. The summed E-state index contributed by atoms with van der Waals surface area (Å²) in [5, 5.41) is 0. The quantitative estimate of drug-likeness (QED) is 0.210. The molecule has 0 saturated heterocycles. The van der Waals surface area contributed by atoms with Crippen LogP contribution in [0.25, 0.3) is 0 Å². The number of benzene rings is 4. The fraction of sp³-hybridized carbons (Fsp3) is 0.314. The van der Waals surface area contributed by atoms with Gasteiger partial charge in [-0.3, -0.25) is 0 Å². The Labute approximate surface area is 249 Å². The standard InChI is InChI=1S/4C6H6.C2H6O2S.2C2H6O.2C2H6.CH4/c4*1-2-4-6-5-3-1;1-5(2,3)4;2*1-3-2;2*1-2;/h4*1-6H;1-2H3;2*1-2H3;2*1-2H3;1H4. The van der Waals surface area contributed by atoms with Gasteiger partial charge in [0, 0.05) is 41.0 Å². The van der Waals surface area contributed by atoms with E-state index in [9.17, 15) is 8.42 Å². The number of rotatable bonds is 0. The van der Waals surface area contributed by atoms with Crippen LogP contribution in [0.4, 0.5) is 0 Å². The highest BCUT2D eigenvalue weighted by molar-refractivity contribution is 7.89. The summed E-state index contributed by atoms with van der Waals surface area (Å²) in [5.74, 6) is 0. The molecule has 0 heterocycles. The van der Waals surface area contributed by atoms with Gasteiger partial charge in [-0.15, -0.1) is 0 Å². The van der Waals surface area contributed by atoms with Crippen LogP contribution in [0, 0.1) is 0 Å². The fourth-order valence-electron chi connectivity index (χ4n) is 1.54. The van der Waals surface area contributed by atoms with Crippen LogP contribution < -0.4 is 0 Å². The van der Waals surface area contributed by atoms with E-state index in [2.05, 4.69) is 9.47 Å². The van der Waals surface area contributed by atoms with Crippen molar-refractivity contribution in [3.8, 4) is 0 Å².